The molecule has 0 radical (unpaired) electrons. The zero-order valence-electron chi connectivity index (χ0n) is 14.1. The first-order valence-corrected chi connectivity index (χ1v) is 8.26. The van der Waals surface area contributed by atoms with Gasteiger partial charge in [-0.2, -0.15) is 0 Å². The minimum absolute atomic E-state index is 0.0333. The Morgan fingerprint density at radius 1 is 1.19 bits per heavy atom. The third-order valence-electron chi connectivity index (χ3n) is 4.83. The van der Waals surface area contributed by atoms with Crippen LogP contribution >= 0.6 is 0 Å². The van der Waals surface area contributed by atoms with E-state index in [1.807, 2.05) is 24.3 Å². The van der Waals surface area contributed by atoms with E-state index in [0.717, 1.165) is 27.7 Å². The summed E-state index contributed by atoms with van der Waals surface area (Å²) in [5, 5.41) is 15.3. The van der Waals surface area contributed by atoms with Gasteiger partial charge in [0, 0.05) is 35.2 Å². The highest BCUT2D eigenvalue weighted by Crippen LogP contribution is 2.35. The Morgan fingerprint density at radius 3 is 2.62 bits per heavy atom. The van der Waals surface area contributed by atoms with Crippen molar-refractivity contribution in [2.24, 2.45) is 0 Å². The number of nitro benzene ring substituents is 1. The number of aromatic nitrogens is 1. The van der Waals surface area contributed by atoms with Crippen LogP contribution in [-0.2, 0) is 16.0 Å². The van der Waals surface area contributed by atoms with E-state index in [4.69, 9.17) is 4.74 Å². The lowest BCUT2D eigenvalue weighted by atomic mass is 9.90. The van der Waals surface area contributed by atoms with Gasteiger partial charge in [0.1, 0.15) is 6.04 Å². The first-order chi connectivity index (χ1) is 12.6. The van der Waals surface area contributed by atoms with Crippen molar-refractivity contribution in [3.63, 3.8) is 0 Å². The predicted octanol–water partition coefficient (Wildman–Crippen LogP) is 2.85. The Bertz CT molecular complexity index is 994. The van der Waals surface area contributed by atoms with Gasteiger partial charge >= 0.3 is 5.97 Å². The van der Waals surface area contributed by atoms with Crippen molar-refractivity contribution in [3.05, 3.63) is 75.5 Å². The van der Waals surface area contributed by atoms with Gasteiger partial charge in [0.25, 0.3) is 5.69 Å². The summed E-state index contributed by atoms with van der Waals surface area (Å²) < 4.78 is 4.93. The van der Waals surface area contributed by atoms with Crippen LogP contribution in [0.15, 0.2) is 48.5 Å². The SMILES string of the molecule is COC(=O)[C@@H]1Cc2c([nH]c3ccccc23)[C@H](c2ccc([N+](=O)[O-])cc2)N1. The molecule has 4 rings (SSSR count). The second kappa shape index (κ2) is 6.27. The maximum Gasteiger partial charge on any atom is 0.323 e. The second-order valence-corrected chi connectivity index (χ2v) is 6.29. The van der Waals surface area contributed by atoms with Gasteiger partial charge in [-0.05, 0) is 17.2 Å². The number of hydrogen-bond donors (Lipinski definition) is 2. The number of benzene rings is 2. The minimum Gasteiger partial charge on any atom is -0.468 e. The van der Waals surface area contributed by atoms with E-state index in [9.17, 15) is 14.9 Å². The summed E-state index contributed by atoms with van der Waals surface area (Å²) in [6.45, 7) is 0. The molecule has 0 fully saturated rings. The van der Waals surface area contributed by atoms with Crippen LogP contribution in [0.4, 0.5) is 5.69 Å². The molecule has 0 spiro atoms. The summed E-state index contributed by atoms with van der Waals surface area (Å²) in [5.74, 6) is -0.326. The molecule has 0 unspecified atom stereocenters. The van der Waals surface area contributed by atoms with Crippen molar-refractivity contribution < 1.29 is 14.5 Å². The van der Waals surface area contributed by atoms with Crippen LogP contribution in [0.25, 0.3) is 10.9 Å². The molecule has 1 aliphatic heterocycles. The maximum atomic E-state index is 12.2. The number of nitrogens with zero attached hydrogens (tertiary/aromatic N) is 1. The van der Waals surface area contributed by atoms with Crippen LogP contribution in [0.2, 0.25) is 0 Å². The van der Waals surface area contributed by atoms with Crippen LogP contribution < -0.4 is 5.32 Å². The van der Waals surface area contributed by atoms with Crippen molar-refractivity contribution >= 4 is 22.6 Å². The number of esters is 1. The smallest absolute Gasteiger partial charge is 0.323 e. The number of fused-ring (bicyclic) bond motifs is 3. The molecule has 2 heterocycles. The van der Waals surface area contributed by atoms with Gasteiger partial charge in [0.2, 0.25) is 0 Å². The summed E-state index contributed by atoms with van der Waals surface area (Å²) in [7, 11) is 1.37. The number of hydrogen-bond acceptors (Lipinski definition) is 5. The average Bonchev–Trinajstić information content (AvgIpc) is 3.05. The fraction of sp³-hybridized carbons (Fsp3) is 0.211. The van der Waals surface area contributed by atoms with E-state index in [1.54, 1.807) is 12.1 Å². The van der Waals surface area contributed by atoms with E-state index in [-0.39, 0.29) is 17.7 Å². The molecule has 7 nitrogen and oxygen atoms in total. The zero-order valence-corrected chi connectivity index (χ0v) is 14.1. The lowest BCUT2D eigenvalue weighted by molar-refractivity contribution is -0.384. The molecule has 3 aromatic rings. The largest absolute Gasteiger partial charge is 0.468 e. The number of aromatic amines is 1. The fourth-order valence-electron chi connectivity index (χ4n) is 3.58. The molecule has 0 amide bonds. The number of rotatable bonds is 3. The number of non-ortho nitro benzene ring substituents is 1. The van der Waals surface area contributed by atoms with Gasteiger partial charge in [-0.25, -0.2) is 0 Å². The van der Waals surface area contributed by atoms with Crippen LogP contribution in [0.3, 0.4) is 0 Å². The van der Waals surface area contributed by atoms with Crippen LogP contribution in [0, 0.1) is 10.1 Å². The molecular weight excluding hydrogens is 334 g/mol. The minimum atomic E-state index is -0.480. The summed E-state index contributed by atoms with van der Waals surface area (Å²) in [6.07, 6.45) is 0.523. The standard InChI is InChI=1S/C19H17N3O4/c1-26-19(23)16-10-14-13-4-2-3-5-15(13)20-18(14)17(21-16)11-6-8-12(9-7-11)22(24)25/h2-9,16-17,20-21H,10H2,1H3/t16-,17-/m0/s1. The lowest BCUT2D eigenvalue weighted by Crippen LogP contribution is -2.45. The van der Waals surface area contributed by atoms with E-state index in [1.165, 1.54) is 19.2 Å². The second-order valence-electron chi connectivity index (χ2n) is 6.29. The van der Waals surface area contributed by atoms with E-state index < -0.39 is 11.0 Å². The number of para-hydroxylation sites is 1. The molecule has 0 saturated carbocycles. The first-order valence-electron chi connectivity index (χ1n) is 8.26. The van der Waals surface area contributed by atoms with Crippen molar-refractivity contribution in [1.29, 1.82) is 0 Å². The predicted molar refractivity (Wildman–Crippen MR) is 95.9 cm³/mol. The first kappa shape index (κ1) is 16.3. The third kappa shape index (κ3) is 2.62. The van der Waals surface area contributed by atoms with Crippen LogP contribution in [0.5, 0.6) is 0 Å². The van der Waals surface area contributed by atoms with Crippen LogP contribution in [-0.4, -0.2) is 29.0 Å². The summed E-state index contributed by atoms with van der Waals surface area (Å²) in [6, 6.07) is 13.5. The van der Waals surface area contributed by atoms with Crippen molar-refractivity contribution in [2.45, 2.75) is 18.5 Å². The Balaban J connectivity index is 1.83. The Kier molecular flexibility index (Phi) is 3.93. The number of methoxy groups -OCH3 is 1. The highest BCUT2D eigenvalue weighted by atomic mass is 16.6. The maximum absolute atomic E-state index is 12.2. The topological polar surface area (TPSA) is 97.3 Å². The number of H-pyrrole nitrogens is 1. The summed E-state index contributed by atoms with van der Waals surface area (Å²) in [4.78, 5) is 26.1. The van der Waals surface area contributed by atoms with Crippen molar-refractivity contribution in [1.82, 2.24) is 10.3 Å². The number of carbonyl (C=O) groups excluding carboxylic acids is 1. The quantitative estimate of drug-likeness (QED) is 0.430. The summed E-state index contributed by atoms with van der Waals surface area (Å²) in [5.41, 5.74) is 3.91. The van der Waals surface area contributed by atoms with E-state index >= 15 is 0 Å². The highest BCUT2D eigenvalue weighted by Gasteiger charge is 2.34. The van der Waals surface area contributed by atoms with Gasteiger partial charge < -0.3 is 9.72 Å². The van der Waals surface area contributed by atoms with Gasteiger partial charge in [-0.1, -0.05) is 30.3 Å². The van der Waals surface area contributed by atoms with Gasteiger partial charge in [-0.3, -0.25) is 20.2 Å². The number of ether oxygens (including phenoxy) is 1. The molecule has 2 N–H and O–H groups in total. The Hall–Kier alpha value is -3.19. The molecule has 2 aromatic carbocycles. The number of carbonyl (C=O) groups is 1. The van der Waals surface area contributed by atoms with Gasteiger partial charge in [0.05, 0.1) is 18.1 Å². The Morgan fingerprint density at radius 2 is 1.92 bits per heavy atom. The average molecular weight is 351 g/mol. The fourth-order valence-corrected chi connectivity index (χ4v) is 3.58. The number of nitro groups is 1. The molecule has 26 heavy (non-hydrogen) atoms. The molecule has 132 valence electrons. The molecular formula is C19H17N3O4. The molecule has 0 saturated heterocycles. The van der Waals surface area contributed by atoms with Crippen molar-refractivity contribution in [3.8, 4) is 0 Å². The molecule has 7 heteroatoms. The molecule has 0 aliphatic carbocycles. The van der Waals surface area contributed by atoms with Crippen molar-refractivity contribution in [2.75, 3.05) is 7.11 Å². The zero-order chi connectivity index (χ0) is 18.3. The third-order valence-corrected chi connectivity index (χ3v) is 4.83. The normalized spacial score (nSPS) is 19.1. The van der Waals surface area contributed by atoms with E-state index in [2.05, 4.69) is 10.3 Å². The lowest BCUT2D eigenvalue weighted by Gasteiger charge is -2.30. The van der Waals surface area contributed by atoms with Gasteiger partial charge in [-0.15, -0.1) is 0 Å². The van der Waals surface area contributed by atoms with Gasteiger partial charge in [0.15, 0.2) is 0 Å². The van der Waals surface area contributed by atoms with Crippen LogP contribution in [0.1, 0.15) is 22.9 Å². The Labute approximate surface area is 149 Å². The monoisotopic (exact) mass is 351 g/mol. The highest BCUT2D eigenvalue weighted by molar-refractivity contribution is 5.87. The van der Waals surface area contributed by atoms with E-state index in [0.29, 0.717) is 6.42 Å². The molecule has 0 bridgehead atoms. The number of nitrogens with one attached hydrogen (secondary N) is 2. The molecule has 2 atom stereocenters. The molecule has 1 aliphatic rings. The molecule has 1 aromatic heterocycles. The summed E-state index contributed by atoms with van der Waals surface area (Å²) >= 11 is 0.